The van der Waals surface area contributed by atoms with E-state index in [4.69, 9.17) is 0 Å². The Morgan fingerprint density at radius 1 is 0.606 bits per heavy atom. The Bertz CT molecular complexity index is 1130. The van der Waals surface area contributed by atoms with Crippen molar-refractivity contribution in [2.75, 3.05) is 0 Å². The van der Waals surface area contributed by atoms with Gasteiger partial charge in [-0.15, -0.1) is 0 Å². The van der Waals surface area contributed by atoms with Crippen molar-refractivity contribution in [2.45, 2.75) is 45.1 Å². The molecule has 0 N–H and O–H groups in total. The minimum atomic E-state index is -5.85. The zero-order valence-electron chi connectivity index (χ0n) is 17.6. The van der Waals surface area contributed by atoms with Crippen molar-refractivity contribution in [3.8, 4) is 11.5 Å². The van der Waals surface area contributed by atoms with Crippen molar-refractivity contribution in [2.24, 2.45) is 0 Å². The third-order valence-electron chi connectivity index (χ3n) is 4.40. The van der Waals surface area contributed by atoms with E-state index >= 15 is 0 Å². The number of hydrogen-bond acceptors (Lipinski definition) is 6. The van der Waals surface area contributed by atoms with Crippen LogP contribution in [0.1, 0.15) is 33.4 Å². The van der Waals surface area contributed by atoms with Gasteiger partial charge in [-0.3, -0.25) is 0 Å². The zero-order valence-corrected chi connectivity index (χ0v) is 19.2. The molecule has 0 fully saturated rings. The topological polar surface area (TPSA) is 86.7 Å². The van der Waals surface area contributed by atoms with Crippen LogP contribution in [0.25, 0.3) is 0 Å². The van der Waals surface area contributed by atoms with Crippen molar-refractivity contribution in [1.29, 1.82) is 0 Å². The summed E-state index contributed by atoms with van der Waals surface area (Å²) in [5, 5.41) is 0. The Morgan fingerprint density at radius 2 is 0.848 bits per heavy atom. The van der Waals surface area contributed by atoms with Crippen LogP contribution in [0, 0.1) is 27.7 Å². The number of halogens is 6. The summed E-state index contributed by atoms with van der Waals surface area (Å²) < 4.78 is 129. The third kappa shape index (κ3) is 5.91. The standard InChI is InChI=1S/C19H18F6O6S2/c1-10-5-14(6-11(2)16(10)30-32(26,27)18(20,21)22)9-15-7-12(3)17(13(4)8-15)31-33(28,29)19(23,24)25/h5-8H,9H2,1-4H3. The first-order valence-electron chi connectivity index (χ1n) is 8.97. The molecule has 14 heteroatoms. The van der Waals surface area contributed by atoms with Crippen molar-refractivity contribution in [3.63, 3.8) is 0 Å². The lowest BCUT2D eigenvalue weighted by Crippen LogP contribution is -2.28. The Kier molecular flexibility index (Phi) is 7.06. The summed E-state index contributed by atoms with van der Waals surface area (Å²) in [5.74, 6) is -0.936. The highest BCUT2D eigenvalue weighted by Crippen LogP contribution is 2.34. The molecule has 0 amide bonds. The van der Waals surface area contributed by atoms with Crippen LogP contribution in [0.4, 0.5) is 26.3 Å². The fourth-order valence-electron chi connectivity index (χ4n) is 3.10. The lowest BCUT2D eigenvalue weighted by Gasteiger charge is -2.16. The lowest BCUT2D eigenvalue weighted by atomic mass is 9.97. The summed E-state index contributed by atoms with van der Waals surface area (Å²) in [4.78, 5) is 0. The van der Waals surface area contributed by atoms with E-state index in [1.54, 1.807) is 0 Å². The highest BCUT2D eigenvalue weighted by molar-refractivity contribution is 7.88. The van der Waals surface area contributed by atoms with Crippen molar-refractivity contribution >= 4 is 20.2 Å². The van der Waals surface area contributed by atoms with E-state index in [0.717, 1.165) is 0 Å². The highest BCUT2D eigenvalue weighted by Gasteiger charge is 2.49. The maximum atomic E-state index is 12.6. The SMILES string of the molecule is Cc1cc(Cc2cc(C)c(OS(=O)(=O)C(F)(F)F)c(C)c2)cc(C)c1OS(=O)(=O)C(F)(F)F. The first-order chi connectivity index (χ1) is 14.7. The molecule has 2 aromatic carbocycles. The van der Waals surface area contributed by atoms with Gasteiger partial charge in [0.2, 0.25) is 0 Å². The molecule has 33 heavy (non-hydrogen) atoms. The monoisotopic (exact) mass is 520 g/mol. The molecule has 0 atom stereocenters. The fourth-order valence-corrected chi connectivity index (χ4v) is 4.25. The maximum Gasteiger partial charge on any atom is 0.534 e. The molecule has 0 aliphatic heterocycles. The largest absolute Gasteiger partial charge is 0.534 e. The van der Waals surface area contributed by atoms with Gasteiger partial charge in [0.15, 0.2) is 0 Å². The van der Waals surface area contributed by atoms with Crippen LogP contribution < -0.4 is 8.37 Å². The molecular weight excluding hydrogens is 502 g/mol. The van der Waals surface area contributed by atoms with Gasteiger partial charge in [-0.25, -0.2) is 0 Å². The van der Waals surface area contributed by atoms with Gasteiger partial charge in [-0.2, -0.15) is 43.2 Å². The Hall–Kier alpha value is -2.48. The van der Waals surface area contributed by atoms with Gasteiger partial charge in [0.05, 0.1) is 0 Å². The zero-order chi connectivity index (χ0) is 25.6. The predicted octanol–water partition coefficient (Wildman–Crippen LogP) is 4.97. The van der Waals surface area contributed by atoms with Crippen molar-refractivity contribution < 1.29 is 51.5 Å². The van der Waals surface area contributed by atoms with E-state index in [1.807, 2.05) is 0 Å². The van der Waals surface area contributed by atoms with Gasteiger partial charge in [0, 0.05) is 0 Å². The average molecular weight is 520 g/mol. The molecule has 0 aliphatic rings. The van der Waals surface area contributed by atoms with Gasteiger partial charge >= 0.3 is 31.3 Å². The Morgan fingerprint density at radius 3 is 1.06 bits per heavy atom. The smallest absolute Gasteiger partial charge is 0.375 e. The molecule has 0 aliphatic carbocycles. The second-order valence-electron chi connectivity index (χ2n) is 7.26. The first-order valence-corrected chi connectivity index (χ1v) is 11.8. The number of rotatable bonds is 6. The van der Waals surface area contributed by atoms with Crippen LogP contribution in [0.2, 0.25) is 0 Å². The molecule has 0 aromatic heterocycles. The van der Waals surface area contributed by atoms with Crippen LogP contribution in [-0.4, -0.2) is 27.9 Å². The molecule has 6 nitrogen and oxygen atoms in total. The quantitative estimate of drug-likeness (QED) is 0.304. The molecule has 2 aromatic rings. The van der Waals surface area contributed by atoms with Crippen molar-refractivity contribution in [1.82, 2.24) is 0 Å². The molecule has 184 valence electrons. The molecule has 0 heterocycles. The summed E-state index contributed by atoms with van der Waals surface area (Å²) >= 11 is 0. The third-order valence-corrected chi connectivity index (χ3v) is 6.31. The second kappa shape index (κ2) is 8.70. The fraction of sp³-hybridized carbons (Fsp3) is 0.368. The minimum absolute atomic E-state index is 0.113. The number of hydrogen-bond donors (Lipinski definition) is 0. The summed E-state index contributed by atoms with van der Waals surface area (Å²) in [5.41, 5.74) is -9.66. The van der Waals surface area contributed by atoms with Gasteiger partial charge in [-0.05, 0) is 67.5 Å². The van der Waals surface area contributed by atoms with E-state index < -0.39 is 42.8 Å². The average Bonchev–Trinajstić information content (AvgIpc) is 2.59. The van der Waals surface area contributed by atoms with E-state index in [0.29, 0.717) is 11.1 Å². The summed E-state index contributed by atoms with van der Waals surface area (Å²) in [6.45, 7) is 5.42. The minimum Gasteiger partial charge on any atom is -0.375 e. The Balaban J connectivity index is 2.35. The summed E-state index contributed by atoms with van der Waals surface area (Å²) in [7, 11) is -11.7. The predicted molar refractivity (Wildman–Crippen MR) is 106 cm³/mol. The molecular formula is C19H18F6O6S2. The Labute approximate surface area is 186 Å². The van der Waals surface area contributed by atoms with E-state index in [2.05, 4.69) is 8.37 Å². The molecule has 0 bridgehead atoms. The normalized spacial score (nSPS) is 13.2. The molecule has 0 unspecified atom stereocenters. The van der Waals surface area contributed by atoms with Crippen molar-refractivity contribution in [3.05, 3.63) is 57.6 Å². The number of benzene rings is 2. The molecule has 0 radical (unpaired) electrons. The van der Waals surface area contributed by atoms with Crippen LogP contribution in [-0.2, 0) is 26.7 Å². The lowest BCUT2D eigenvalue weighted by molar-refractivity contribution is -0.0505. The van der Waals surface area contributed by atoms with Crippen LogP contribution in [0.15, 0.2) is 24.3 Å². The number of aryl methyl sites for hydroxylation is 4. The van der Waals surface area contributed by atoms with Crippen LogP contribution in [0.3, 0.4) is 0 Å². The molecule has 0 saturated heterocycles. The van der Waals surface area contributed by atoms with Gasteiger partial charge in [0.25, 0.3) is 0 Å². The summed E-state index contributed by atoms with van der Waals surface area (Å²) in [6.07, 6.45) is 0.155. The van der Waals surface area contributed by atoms with Gasteiger partial charge in [0.1, 0.15) is 11.5 Å². The van der Waals surface area contributed by atoms with Gasteiger partial charge < -0.3 is 8.37 Å². The number of alkyl halides is 6. The first kappa shape index (κ1) is 26.8. The summed E-state index contributed by atoms with van der Waals surface area (Å²) in [6, 6.07) is 5.60. The van der Waals surface area contributed by atoms with Gasteiger partial charge in [-0.1, -0.05) is 24.3 Å². The highest BCUT2D eigenvalue weighted by atomic mass is 32.2. The molecule has 0 spiro atoms. The molecule has 0 saturated carbocycles. The van der Waals surface area contributed by atoms with E-state index in [9.17, 15) is 43.2 Å². The maximum absolute atomic E-state index is 12.6. The van der Waals surface area contributed by atoms with E-state index in [1.165, 1.54) is 52.0 Å². The van der Waals surface area contributed by atoms with Crippen LogP contribution in [0.5, 0.6) is 11.5 Å². The second-order valence-corrected chi connectivity index (χ2v) is 10.3. The van der Waals surface area contributed by atoms with Crippen LogP contribution >= 0.6 is 0 Å². The van der Waals surface area contributed by atoms with E-state index in [-0.39, 0.29) is 28.7 Å². The molecule has 2 rings (SSSR count).